The number of rotatable bonds is 15. The zero-order valence-corrected chi connectivity index (χ0v) is 18.5. The van der Waals surface area contributed by atoms with Gasteiger partial charge in [-0.2, -0.15) is 0 Å². The van der Waals surface area contributed by atoms with E-state index in [0.29, 0.717) is 19.5 Å². The van der Waals surface area contributed by atoms with Crippen LogP contribution in [0.1, 0.15) is 63.9 Å². The lowest BCUT2D eigenvalue weighted by Gasteiger charge is -2.13. The van der Waals surface area contributed by atoms with E-state index in [9.17, 15) is 4.57 Å². The minimum absolute atomic E-state index is 0.0773. The first kappa shape index (κ1) is 23.9. The van der Waals surface area contributed by atoms with Gasteiger partial charge in [0.25, 0.3) is 0 Å². The Hall–Kier alpha value is -1.39. The van der Waals surface area contributed by atoms with Crippen molar-refractivity contribution >= 4 is 18.4 Å². The van der Waals surface area contributed by atoms with E-state index in [1.54, 1.807) is 0 Å². The van der Waals surface area contributed by atoms with Crippen molar-refractivity contribution < 1.29 is 19.1 Å². The van der Waals surface area contributed by atoms with E-state index in [0.717, 1.165) is 29.5 Å². The van der Waals surface area contributed by atoms with Gasteiger partial charge in [0.15, 0.2) is 0 Å². The van der Waals surface area contributed by atoms with Gasteiger partial charge in [0.2, 0.25) is 0 Å². The molecule has 2 aromatic carbocycles. The number of nitrogens with one attached hydrogen (secondary N) is 1. The summed E-state index contributed by atoms with van der Waals surface area (Å²) < 4.78 is 17.0. The van der Waals surface area contributed by atoms with Gasteiger partial charge in [0, 0.05) is 11.9 Å². The fourth-order valence-corrected chi connectivity index (χ4v) is 4.06. The molecule has 3 N–H and O–H groups in total. The van der Waals surface area contributed by atoms with E-state index in [1.807, 2.05) is 18.2 Å². The van der Waals surface area contributed by atoms with Crippen LogP contribution < -0.4 is 10.1 Å². The number of ether oxygens (including phenoxy) is 1. The molecule has 0 spiro atoms. The lowest BCUT2D eigenvalue weighted by Crippen LogP contribution is -2.16. The van der Waals surface area contributed by atoms with Gasteiger partial charge in [-0.3, -0.25) is 4.57 Å². The fourth-order valence-electron chi connectivity index (χ4n) is 3.49. The molecule has 0 atom stereocenters. The van der Waals surface area contributed by atoms with Crippen LogP contribution >= 0.6 is 7.60 Å². The molecule has 0 saturated carbocycles. The predicted octanol–water partition coefficient (Wildman–Crippen LogP) is 5.63. The molecule has 0 radical (unpaired) electrons. The van der Waals surface area contributed by atoms with Crippen LogP contribution in [0.25, 0.3) is 10.8 Å². The van der Waals surface area contributed by atoms with Gasteiger partial charge in [-0.15, -0.1) is 0 Å². The van der Waals surface area contributed by atoms with E-state index < -0.39 is 7.60 Å². The third-order valence-corrected chi connectivity index (χ3v) is 6.00. The second kappa shape index (κ2) is 13.0. The van der Waals surface area contributed by atoms with E-state index in [2.05, 4.69) is 30.4 Å². The monoisotopic (exact) mass is 421 g/mol. The normalized spacial score (nSPS) is 11.8. The molecule has 2 rings (SSSR count). The molecule has 29 heavy (non-hydrogen) atoms. The first-order valence-electron chi connectivity index (χ1n) is 10.9. The minimum atomic E-state index is -3.90. The number of hydrogen-bond acceptors (Lipinski definition) is 3. The third-order valence-electron chi connectivity index (χ3n) is 5.10. The Balaban J connectivity index is 1.82. The molecule has 0 fully saturated rings. The molecular formula is C23H36NO4P. The first-order valence-corrected chi connectivity index (χ1v) is 12.7. The average molecular weight is 422 g/mol. The summed E-state index contributed by atoms with van der Waals surface area (Å²) in [5.74, 6) is 0.928. The van der Waals surface area contributed by atoms with Crippen LogP contribution in [-0.2, 0) is 11.1 Å². The Bertz CT molecular complexity index is 775. The molecule has 0 aliphatic carbocycles. The van der Waals surface area contributed by atoms with Crippen molar-refractivity contribution in [1.82, 2.24) is 5.32 Å². The molecule has 2 aromatic rings. The Kier molecular flexibility index (Phi) is 10.7. The number of hydrogen-bond donors (Lipinski definition) is 3. The molecule has 0 bridgehead atoms. The maximum absolute atomic E-state index is 10.9. The summed E-state index contributed by atoms with van der Waals surface area (Å²) in [6, 6.07) is 12.4. The van der Waals surface area contributed by atoms with E-state index >= 15 is 0 Å². The van der Waals surface area contributed by atoms with Gasteiger partial charge in [-0.05, 0) is 36.4 Å². The SMILES string of the molecule is CCCCCCCCCOc1ccc(CNCCCP(=O)(O)O)c2ccccc12. The van der Waals surface area contributed by atoms with Gasteiger partial charge in [0.05, 0.1) is 12.8 Å². The van der Waals surface area contributed by atoms with E-state index in [-0.39, 0.29) is 6.16 Å². The highest BCUT2D eigenvalue weighted by Crippen LogP contribution is 2.34. The smallest absolute Gasteiger partial charge is 0.325 e. The Morgan fingerprint density at radius 3 is 2.31 bits per heavy atom. The van der Waals surface area contributed by atoms with Crippen molar-refractivity contribution in [3.05, 3.63) is 42.0 Å². The van der Waals surface area contributed by atoms with Crippen molar-refractivity contribution in [2.45, 2.75) is 64.8 Å². The second-order valence-electron chi connectivity index (χ2n) is 7.66. The average Bonchev–Trinajstić information content (AvgIpc) is 2.70. The molecule has 0 amide bonds. The molecule has 0 aliphatic rings. The molecule has 0 aliphatic heterocycles. The molecule has 162 valence electrons. The number of benzene rings is 2. The summed E-state index contributed by atoms with van der Waals surface area (Å²) >= 11 is 0. The number of fused-ring (bicyclic) bond motifs is 1. The van der Waals surface area contributed by atoms with Crippen molar-refractivity contribution in [3.63, 3.8) is 0 Å². The molecule has 0 unspecified atom stereocenters. The minimum Gasteiger partial charge on any atom is -0.493 e. The Morgan fingerprint density at radius 1 is 0.897 bits per heavy atom. The summed E-state index contributed by atoms with van der Waals surface area (Å²) in [6.45, 7) is 4.24. The van der Waals surface area contributed by atoms with Crippen molar-refractivity contribution in [2.75, 3.05) is 19.3 Å². The molecule has 6 heteroatoms. The van der Waals surface area contributed by atoms with Crippen molar-refractivity contribution in [3.8, 4) is 5.75 Å². The van der Waals surface area contributed by atoms with Gasteiger partial charge in [0.1, 0.15) is 5.75 Å². The topological polar surface area (TPSA) is 78.8 Å². The summed E-state index contributed by atoms with van der Waals surface area (Å²) in [5.41, 5.74) is 1.17. The second-order valence-corrected chi connectivity index (χ2v) is 9.43. The van der Waals surface area contributed by atoms with Gasteiger partial charge in [-0.1, -0.05) is 75.8 Å². The van der Waals surface area contributed by atoms with Crippen molar-refractivity contribution in [1.29, 1.82) is 0 Å². The maximum atomic E-state index is 10.9. The summed E-state index contributed by atoms with van der Waals surface area (Å²) in [4.78, 5) is 17.9. The van der Waals surface area contributed by atoms with E-state index in [4.69, 9.17) is 14.5 Å². The molecular weight excluding hydrogens is 385 g/mol. The van der Waals surface area contributed by atoms with Crippen LogP contribution in [0.3, 0.4) is 0 Å². The van der Waals surface area contributed by atoms with Gasteiger partial charge in [-0.25, -0.2) is 0 Å². The van der Waals surface area contributed by atoms with Crippen LogP contribution in [0.2, 0.25) is 0 Å². The zero-order valence-electron chi connectivity index (χ0n) is 17.6. The van der Waals surface area contributed by atoms with Crippen molar-refractivity contribution in [2.24, 2.45) is 0 Å². The van der Waals surface area contributed by atoms with Crippen LogP contribution in [0.5, 0.6) is 5.75 Å². The summed E-state index contributed by atoms with van der Waals surface area (Å²) in [5, 5.41) is 5.56. The maximum Gasteiger partial charge on any atom is 0.325 e. The molecule has 0 heterocycles. The quantitative estimate of drug-likeness (QED) is 0.257. The standard InChI is InChI=1S/C23H36NO4P/c1-2-3-4-5-6-7-10-17-28-23-15-14-20(21-12-8-9-13-22(21)23)19-24-16-11-18-29(25,26)27/h8-9,12-15,24H,2-7,10-11,16-19H2,1H3,(H2,25,26,27). The third kappa shape index (κ3) is 9.31. The first-order chi connectivity index (χ1) is 14.0. The zero-order chi connectivity index (χ0) is 21.0. The van der Waals surface area contributed by atoms with Gasteiger partial charge < -0.3 is 19.8 Å². The Labute approximate surface area is 175 Å². The Morgan fingerprint density at radius 2 is 1.59 bits per heavy atom. The summed E-state index contributed by atoms with van der Waals surface area (Å²) in [6.07, 6.45) is 9.28. The van der Waals surface area contributed by atoms with Gasteiger partial charge >= 0.3 is 7.60 Å². The predicted molar refractivity (Wildman–Crippen MR) is 121 cm³/mol. The molecule has 0 aromatic heterocycles. The fraction of sp³-hybridized carbons (Fsp3) is 0.565. The highest BCUT2D eigenvalue weighted by atomic mass is 31.2. The summed E-state index contributed by atoms with van der Waals surface area (Å²) in [7, 11) is -3.90. The molecule has 0 saturated heterocycles. The van der Waals surface area contributed by atoms with Crippen LogP contribution in [0.4, 0.5) is 0 Å². The lowest BCUT2D eigenvalue weighted by molar-refractivity contribution is 0.307. The lowest BCUT2D eigenvalue weighted by atomic mass is 10.0. The largest absolute Gasteiger partial charge is 0.493 e. The highest BCUT2D eigenvalue weighted by Gasteiger charge is 2.11. The highest BCUT2D eigenvalue weighted by molar-refractivity contribution is 7.51. The van der Waals surface area contributed by atoms with Crippen LogP contribution in [-0.4, -0.2) is 29.1 Å². The van der Waals surface area contributed by atoms with Crippen LogP contribution in [0, 0.1) is 0 Å². The van der Waals surface area contributed by atoms with E-state index in [1.165, 1.54) is 44.1 Å². The van der Waals surface area contributed by atoms with Crippen LogP contribution in [0.15, 0.2) is 36.4 Å². The molecule has 5 nitrogen and oxygen atoms in total. The number of unbranched alkanes of at least 4 members (excludes halogenated alkanes) is 6.